The van der Waals surface area contributed by atoms with E-state index in [1.807, 2.05) is 24.3 Å². The molecule has 0 radical (unpaired) electrons. The molecule has 0 saturated heterocycles. The zero-order chi connectivity index (χ0) is 16.7. The average molecular weight is 351 g/mol. The normalized spacial score (nSPS) is 9.83. The maximum atomic E-state index is 11.8. The molecule has 0 aliphatic heterocycles. The molecule has 3 N–H and O–H groups in total. The highest BCUT2D eigenvalue weighted by atomic mass is 35.5. The second-order valence-electron chi connectivity index (χ2n) is 4.48. The number of ether oxygens (including phenoxy) is 1. The second-order valence-corrected chi connectivity index (χ2v) is 5.27. The quantitative estimate of drug-likeness (QED) is 0.445. The van der Waals surface area contributed by atoms with Crippen molar-refractivity contribution >= 4 is 34.8 Å². The van der Waals surface area contributed by atoms with E-state index in [1.54, 1.807) is 13.2 Å². The van der Waals surface area contributed by atoms with Gasteiger partial charge in [0.05, 0.1) is 12.7 Å². The molecular formula is C15H15ClN4O2S. The summed E-state index contributed by atoms with van der Waals surface area (Å²) in [5.41, 5.74) is 6.51. The lowest BCUT2D eigenvalue weighted by Crippen LogP contribution is -2.46. The molecule has 0 spiro atoms. The van der Waals surface area contributed by atoms with E-state index in [0.717, 1.165) is 11.3 Å². The number of benzene rings is 1. The highest BCUT2D eigenvalue weighted by Gasteiger charge is 2.06. The molecule has 0 aliphatic carbocycles. The van der Waals surface area contributed by atoms with Gasteiger partial charge >= 0.3 is 0 Å². The standard InChI is InChI=1S/C15H15ClN4O2S/c1-22-12-5-2-10(3-6-12)8-18-15(23)20-19-14(21)11-4-7-13(16)17-9-11/h2-7,9H,8H2,1H3,(H,19,21)(H2,18,20,23). The van der Waals surface area contributed by atoms with E-state index in [-0.39, 0.29) is 5.91 Å². The van der Waals surface area contributed by atoms with Crippen molar-refractivity contribution in [3.8, 4) is 5.75 Å². The molecule has 0 unspecified atom stereocenters. The molecule has 0 bridgehead atoms. The van der Waals surface area contributed by atoms with Gasteiger partial charge in [-0.2, -0.15) is 0 Å². The van der Waals surface area contributed by atoms with Crippen LogP contribution in [-0.2, 0) is 6.54 Å². The molecule has 1 heterocycles. The number of nitrogens with one attached hydrogen (secondary N) is 3. The van der Waals surface area contributed by atoms with Crippen LogP contribution in [0.4, 0.5) is 0 Å². The molecular weight excluding hydrogens is 336 g/mol. The van der Waals surface area contributed by atoms with Crippen LogP contribution < -0.4 is 20.9 Å². The van der Waals surface area contributed by atoms with Crippen molar-refractivity contribution in [2.75, 3.05) is 7.11 Å². The minimum absolute atomic E-state index is 0.302. The van der Waals surface area contributed by atoms with Crippen LogP contribution in [0.25, 0.3) is 0 Å². The first-order valence-corrected chi connectivity index (χ1v) is 7.46. The van der Waals surface area contributed by atoms with Gasteiger partial charge in [-0.15, -0.1) is 0 Å². The molecule has 0 atom stereocenters. The van der Waals surface area contributed by atoms with Crippen molar-refractivity contribution in [3.05, 3.63) is 58.9 Å². The molecule has 2 aromatic rings. The molecule has 23 heavy (non-hydrogen) atoms. The van der Waals surface area contributed by atoms with Gasteiger partial charge in [-0.3, -0.25) is 15.6 Å². The lowest BCUT2D eigenvalue weighted by atomic mass is 10.2. The number of carbonyl (C=O) groups is 1. The number of hydrogen-bond donors (Lipinski definition) is 3. The number of aromatic nitrogens is 1. The Morgan fingerprint density at radius 1 is 1.22 bits per heavy atom. The summed E-state index contributed by atoms with van der Waals surface area (Å²) >= 11 is 10.8. The van der Waals surface area contributed by atoms with E-state index in [0.29, 0.717) is 22.4 Å². The summed E-state index contributed by atoms with van der Waals surface area (Å²) in [6.07, 6.45) is 1.38. The summed E-state index contributed by atoms with van der Waals surface area (Å²) in [6, 6.07) is 10.7. The Hall–Kier alpha value is -2.38. The average Bonchev–Trinajstić information content (AvgIpc) is 2.59. The fourth-order valence-electron chi connectivity index (χ4n) is 1.67. The van der Waals surface area contributed by atoms with E-state index in [9.17, 15) is 4.79 Å². The molecule has 1 aromatic heterocycles. The van der Waals surface area contributed by atoms with Gasteiger partial charge < -0.3 is 10.1 Å². The fourth-order valence-corrected chi connectivity index (χ4v) is 1.90. The molecule has 6 nitrogen and oxygen atoms in total. The highest BCUT2D eigenvalue weighted by Crippen LogP contribution is 2.10. The number of amides is 1. The number of carbonyl (C=O) groups excluding carboxylic acids is 1. The summed E-state index contributed by atoms with van der Waals surface area (Å²) in [6.45, 7) is 0.522. The predicted molar refractivity (Wildman–Crippen MR) is 92.3 cm³/mol. The summed E-state index contributed by atoms with van der Waals surface area (Å²) < 4.78 is 5.09. The number of nitrogens with zero attached hydrogens (tertiary/aromatic N) is 1. The van der Waals surface area contributed by atoms with Crippen LogP contribution in [0, 0.1) is 0 Å². The van der Waals surface area contributed by atoms with Crippen LogP contribution in [-0.4, -0.2) is 23.1 Å². The molecule has 120 valence electrons. The highest BCUT2D eigenvalue weighted by molar-refractivity contribution is 7.80. The van der Waals surface area contributed by atoms with Crippen LogP contribution in [0.1, 0.15) is 15.9 Å². The second kappa shape index (κ2) is 8.30. The first-order chi connectivity index (χ1) is 11.1. The smallest absolute Gasteiger partial charge is 0.271 e. The number of rotatable bonds is 4. The van der Waals surface area contributed by atoms with E-state index in [4.69, 9.17) is 28.6 Å². The van der Waals surface area contributed by atoms with Crippen LogP contribution in [0.5, 0.6) is 5.75 Å². The summed E-state index contributed by atoms with van der Waals surface area (Å²) in [4.78, 5) is 15.7. The third-order valence-electron chi connectivity index (χ3n) is 2.89. The zero-order valence-electron chi connectivity index (χ0n) is 12.3. The third kappa shape index (κ3) is 5.39. The number of hydrazine groups is 1. The number of pyridine rings is 1. The Balaban J connectivity index is 1.76. The SMILES string of the molecule is COc1ccc(CNC(=S)NNC(=O)c2ccc(Cl)nc2)cc1. The summed E-state index contributed by atoms with van der Waals surface area (Å²) in [5.74, 6) is 0.432. The molecule has 0 aliphatic rings. The van der Waals surface area contributed by atoms with Crippen molar-refractivity contribution < 1.29 is 9.53 Å². The van der Waals surface area contributed by atoms with Crippen LogP contribution in [0.15, 0.2) is 42.6 Å². The lowest BCUT2D eigenvalue weighted by molar-refractivity contribution is 0.0943. The Labute approximate surface area is 144 Å². The predicted octanol–water partition coefficient (Wildman–Crippen LogP) is 2.05. The maximum Gasteiger partial charge on any atom is 0.271 e. The molecule has 1 aromatic carbocycles. The fraction of sp³-hybridized carbons (Fsp3) is 0.133. The Bertz CT molecular complexity index is 677. The van der Waals surface area contributed by atoms with Gasteiger partial charge in [0.2, 0.25) is 0 Å². The van der Waals surface area contributed by atoms with Gasteiger partial charge in [0.25, 0.3) is 5.91 Å². The molecule has 2 rings (SSSR count). The topological polar surface area (TPSA) is 75.3 Å². The molecule has 8 heteroatoms. The number of halogens is 1. The van der Waals surface area contributed by atoms with Crippen LogP contribution in [0.3, 0.4) is 0 Å². The van der Waals surface area contributed by atoms with Gasteiger partial charge in [0.1, 0.15) is 10.9 Å². The molecule has 0 saturated carbocycles. The third-order valence-corrected chi connectivity index (χ3v) is 3.36. The van der Waals surface area contributed by atoms with Crippen molar-refractivity contribution in [1.82, 2.24) is 21.2 Å². The maximum absolute atomic E-state index is 11.8. The number of hydrogen-bond acceptors (Lipinski definition) is 4. The summed E-state index contributed by atoms with van der Waals surface area (Å²) in [5, 5.41) is 3.61. The Morgan fingerprint density at radius 2 is 1.96 bits per heavy atom. The van der Waals surface area contributed by atoms with E-state index < -0.39 is 0 Å². The van der Waals surface area contributed by atoms with E-state index >= 15 is 0 Å². The zero-order valence-corrected chi connectivity index (χ0v) is 13.9. The van der Waals surface area contributed by atoms with Gasteiger partial charge in [0.15, 0.2) is 5.11 Å². The monoisotopic (exact) mass is 350 g/mol. The first kappa shape index (κ1) is 17.0. The van der Waals surface area contributed by atoms with Crippen molar-refractivity contribution in [3.63, 3.8) is 0 Å². The Kier molecular flexibility index (Phi) is 6.13. The minimum atomic E-state index is -0.359. The minimum Gasteiger partial charge on any atom is -0.497 e. The van der Waals surface area contributed by atoms with Gasteiger partial charge in [-0.25, -0.2) is 4.98 Å². The van der Waals surface area contributed by atoms with Crippen molar-refractivity contribution in [1.29, 1.82) is 0 Å². The Morgan fingerprint density at radius 3 is 2.57 bits per heavy atom. The van der Waals surface area contributed by atoms with Crippen LogP contribution in [0.2, 0.25) is 5.15 Å². The summed E-state index contributed by atoms with van der Waals surface area (Å²) in [7, 11) is 1.62. The van der Waals surface area contributed by atoms with E-state index in [1.165, 1.54) is 12.3 Å². The van der Waals surface area contributed by atoms with Gasteiger partial charge in [-0.1, -0.05) is 23.7 Å². The molecule has 1 amide bonds. The first-order valence-electron chi connectivity index (χ1n) is 6.67. The van der Waals surface area contributed by atoms with E-state index in [2.05, 4.69) is 21.2 Å². The number of thiocarbonyl (C=S) groups is 1. The van der Waals surface area contributed by atoms with Gasteiger partial charge in [-0.05, 0) is 42.0 Å². The largest absolute Gasteiger partial charge is 0.497 e. The number of methoxy groups -OCH3 is 1. The van der Waals surface area contributed by atoms with Crippen LogP contribution >= 0.6 is 23.8 Å². The molecule has 0 fully saturated rings. The van der Waals surface area contributed by atoms with Crippen molar-refractivity contribution in [2.24, 2.45) is 0 Å². The van der Waals surface area contributed by atoms with Gasteiger partial charge in [0, 0.05) is 12.7 Å². The van der Waals surface area contributed by atoms with Crippen molar-refractivity contribution in [2.45, 2.75) is 6.54 Å². The lowest BCUT2D eigenvalue weighted by Gasteiger charge is -2.11.